The Morgan fingerprint density at radius 1 is 1.07 bits per heavy atom. The smallest absolute Gasteiger partial charge is 0.253 e. The molecule has 1 saturated heterocycles. The largest absolute Gasteiger partial charge is 0.343 e. The number of aromatic nitrogens is 1. The van der Waals surface area contributed by atoms with Crippen molar-refractivity contribution in [2.24, 2.45) is 0 Å². The number of likely N-dealkylation sites (tertiary alicyclic amines) is 1. The van der Waals surface area contributed by atoms with Crippen LogP contribution in [0.3, 0.4) is 0 Å². The molecular formula is C25H31N3O2. The molecule has 0 radical (unpaired) electrons. The lowest BCUT2D eigenvalue weighted by atomic mass is 9.73. The lowest BCUT2D eigenvalue weighted by Crippen LogP contribution is -2.44. The number of rotatable bonds is 5. The maximum atomic E-state index is 12.8. The summed E-state index contributed by atoms with van der Waals surface area (Å²) < 4.78 is 0. The minimum atomic E-state index is 0.0832. The van der Waals surface area contributed by atoms with Gasteiger partial charge in [-0.3, -0.25) is 14.6 Å². The van der Waals surface area contributed by atoms with Crippen LogP contribution >= 0.6 is 0 Å². The van der Waals surface area contributed by atoms with Gasteiger partial charge in [-0.05, 0) is 67.7 Å². The first kappa shape index (κ1) is 20.6. The van der Waals surface area contributed by atoms with Crippen LogP contribution < -0.4 is 0 Å². The summed E-state index contributed by atoms with van der Waals surface area (Å²) in [4.78, 5) is 33.6. The molecule has 2 amide bonds. The standard InChI is InChI=1S/C25H31N3O2/c1-3-27(4-2)23(29)17-20-18-25(22-8-6-5-7-21(20)22)11-15-28(16-12-25)24(30)19-9-13-26-14-10-19/h5-10,13-14,20H,3-4,11-12,15-18H2,1-2H3/t20-/m0/s1. The summed E-state index contributed by atoms with van der Waals surface area (Å²) >= 11 is 0. The lowest BCUT2D eigenvalue weighted by molar-refractivity contribution is -0.131. The number of benzene rings is 1. The maximum Gasteiger partial charge on any atom is 0.253 e. The fourth-order valence-corrected chi connectivity index (χ4v) is 5.41. The molecule has 2 aliphatic rings. The van der Waals surface area contributed by atoms with Gasteiger partial charge in [0.2, 0.25) is 5.91 Å². The molecular weight excluding hydrogens is 374 g/mol. The van der Waals surface area contributed by atoms with Gasteiger partial charge in [0.15, 0.2) is 0 Å². The van der Waals surface area contributed by atoms with Gasteiger partial charge in [-0.25, -0.2) is 0 Å². The van der Waals surface area contributed by atoms with Crippen molar-refractivity contribution in [1.82, 2.24) is 14.8 Å². The Hall–Kier alpha value is -2.69. The average molecular weight is 406 g/mol. The summed E-state index contributed by atoms with van der Waals surface area (Å²) in [6.07, 6.45) is 6.84. The van der Waals surface area contributed by atoms with Crippen molar-refractivity contribution in [2.45, 2.75) is 50.9 Å². The first-order valence-electron chi connectivity index (χ1n) is 11.1. The summed E-state index contributed by atoms with van der Waals surface area (Å²) in [5, 5.41) is 0. The highest BCUT2D eigenvalue weighted by atomic mass is 16.2. The van der Waals surface area contributed by atoms with Crippen LogP contribution in [-0.4, -0.2) is 52.8 Å². The highest BCUT2D eigenvalue weighted by Crippen LogP contribution is 2.52. The zero-order valence-corrected chi connectivity index (χ0v) is 18.0. The highest BCUT2D eigenvalue weighted by molar-refractivity contribution is 5.94. The molecule has 4 rings (SSSR count). The maximum absolute atomic E-state index is 12.8. The van der Waals surface area contributed by atoms with Crippen LogP contribution in [0, 0.1) is 0 Å². The second kappa shape index (κ2) is 8.58. The number of amides is 2. The number of fused-ring (bicyclic) bond motifs is 2. The molecule has 0 N–H and O–H groups in total. The molecule has 0 unspecified atom stereocenters. The highest BCUT2D eigenvalue weighted by Gasteiger charge is 2.46. The topological polar surface area (TPSA) is 53.5 Å². The number of carbonyl (C=O) groups excluding carboxylic acids is 2. The lowest BCUT2D eigenvalue weighted by Gasteiger charge is -2.40. The quantitative estimate of drug-likeness (QED) is 0.755. The van der Waals surface area contributed by atoms with E-state index in [1.54, 1.807) is 24.5 Å². The van der Waals surface area contributed by atoms with Gasteiger partial charge in [-0.1, -0.05) is 24.3 Å². The third-order valence-electron chi connectivity index (χ3n) is 7.08. The van der Waals surface area contributed by atoms with E-state index in [-0.39, 0.29) is 23.1 Å². The van der Waals surface area contributed by atoms with E-state index in [2.05, 4.69) is 29.2 Å². The van der Waals surface area contributed by atoms with Crippen LogP contribution in [0.25, 0.3) is 0 Å². The van der Waals surface area contributed by atoms with Crippen molar-refractivity contribution in [3.05, 3.63) is 65.5 Å². The summed E-state index contributed by atoms with van der Waals surface area (Å²) in [7, 11) is 0. The monoisotopic (exact) mass is 405 g/mol. The summed E-state index contributed by atoms with van der Waals surface area (Å²) in [5.41, 5.74) is 3.53. The molecule has 0 saturated carbocycles. The first-order chi connectivity index (χ1) is 14.6. The Labute approximate surface area is 179 Å². The van der Waals surface area contributed by atoms with Crippen LogP contribution in [0.5, 0.6) is 0 Å². The molecule has 2 aromatic rings. The van der Waals surface area contributed by atoms with E-state index in [9.17, 15) is 9.59 Å². The van der Waals surface area contributed by atoms with E-state index in [0.29, 0.717) is 12.0 Å². The van der Waals surface area contributed by atoms with Gasteiger partial charge in [-0.2, -0.15) is 0 Å². The van der Waals surface area contributed by atoms with Gasteiger partial charge in [-0.15, -0.1) is 0 Å². The van der Waals surface area contributed by atoms with Gasteiger partial charge >= 0.3 is 0 Å². The van der Waals surface area contributed by atoms with Crippen LogP contribution in [-0.2, 0) is 10.2 Å². The van der Waals surface area contributed by atoms with E-state index in [1.807, 2.05) is 23.6 Å². The predicted octanol–water partition coefficient (Wildman–Crippen LogP) is 4.00. The van der Waals surface area contributed by atoms with Gasteiger partial charge in [0.1, 0.15) is 0 Å². The second-order valence-corrected chi connectivity index (χ2v) is 8.57. The third kappa shape index (κ3) is 3.73. The van der Waals surface area contributed by atoms with Crippen LogP contribution in [0.1, 0.15) is 66.9 Å². The number of nitrogens with zero attached hydrogens (tertiary/aromatic N) is 3. The molecule has 5 nitrogen and oxygen atoms in total. The fraction of sp³-hybridized carbons (Fsp3) is 0.480. The van der Waals surface area contributed by atoms with Crippen molar-refractivity contribution >= 4 is 11.8 Å². The SMILES string of the molecule is CCN(CC)C(=O)C[C@H]1CC2(CCN(C(=O)c3ccncc3)CC2)c2ccccc21. The van der Waals surface area contributed by atoms with Gasteiger partial charge < -0.3 is 9.80 Å². The average Bonchev–Trinajstić information content (AvgIpc) is 3.08. The molecule has 30 heavy (non-hydrogen) atoms. The van der Waals surface area contributed by atoms with Gasteiger partial charge in [0.25, 0.3) is 5.91 Å². The molecule has 1 spiro atoms. The first-order valence-corrected chi connectivity index (χ1v) is 11.1. The van der Waals surface area contributed by atoms with Crippen LogP contribution in [0.15, 0.2) is 48.8 Å². The Morgan fingerprint density at radius 3 is 2.40 bits per heavy atom. The molecule has 0 bridgehead atoms. The van der Waals surface area contributed by atoms with E-state index in [1.165, 1.54) is 11.1 Å². The molecule has 1 aliphatic carbocycles. The summed E-state index contributed by atoms with van der Waals surface area (Å²) in [6.45, 7) is 7.13. The van der Waals surface area contributed by atoms with Crippen molar-refractivity contribution in [3.8, 4) is 0 Å². The predicted molar refractivity (Wildman–Crippen MR) is 117 cm³/mol. The number of piperidine rings is 1. The minimum Gasteiger partial charge on any atom is -0.343 e. The van der Waals surface area contributed by atoms with E-state index < -0.39 is 0 Å². The van der Waals surface area contributed by atoms with Crippen molar-refractivity contribution in [2.75, 3.05) is 26.2 Å². The van der Waals surface area contributed by atoms with Crippen LogP contribution in [0.2, 0.25) is 0 Å². The molecule has 1 aromatic heterocycles. The Balaban J connectivity index is 1.50. The normalized spacial score (nSPS) is 19.5. The Kier molecular flexibility index (Phi) is 5.89. The molecule has 5 heteroatoms. The molecule has 1 aliphatic heterocycles. The number of hydrogen-bond acceptors (Lipinski definition) is 3. The zero-order chi connectivity index (χ0) is 21.1. The Bertz CT molecular complexity index is 900. The molecule has 2 heterocycles. The van der Waals surface area contributed by atoms with E-state index in [0.717, 1.165) is 45.4 Å². The molecule has 1 fully saturated rings. The number of hydrogen-bond donors (Lipinski definition) is 0. The third-order valence-corrected chi connectivity index (χ3v) is 7.08. The minimum absolute atomic E-state index is 0.0832. The van der Waals surface area contributed by atoms with E-state index in [4.69, 9.17) is 0 Å². The molecule has 1 atom stereocenters. The van der Waals surface area contributed by atoms with Crippen molar-refractivity contribution < 1.29 is 9.59 Å². The van der Waals surface area contributed by atoms with Crippen molar-refractivity contribution in [3.63, 3.8) is 0 Å². The summed E-state index contributed by atoms with van der Waals surface area (Å²) in [6, 6.07) is 12.2. The van der Waals surface area contributed by atoms with Gasteiger partial charge in [0, 0.05) is 50.6 Å². The number of pyridine rings is 1. The van der Waals surface area contributed by atoms with Gasteiger partial charge in [0.05, 0.1) is 0 Å². The zero-order valence-electron chi connectivity index (χ0n) is 18.0. The molecule has 158 valence electrons. The van der Waals surface area contributed by atoms with Crippen molar-refractivity contribution in [1.29, 1.82) is 0 Å². The number of carbonyl (C=O) groups is 2. The molecule has 1 aromatic carbocycles. The summed E-state index contributed by atoms with van der Waals surface area (Å²) in [5.74, 6) is 0.616. The second-order valence-electron chi connectivity index (χ2n) is 8.57. The van der Waals surface area contributed by atoms with Crippen LogP contribution in [0.4, 0.5) is 0 Å². The Morgan fingerprint density at radius 2 is 1.73 bits per heavy atom. The fourth-order valence-electron chi connectivity index (χ4n) is 5.41. The van der Waals surface area contributed by atoms with E-state index >= 15 is 0 Å².